The fraction of sp³-hybridized carbons (Fsp3) is 0.533. The fourth-order valence-electron chi connectivity index (χ4n) is 2.52. The Bertz CT molecular complexity index is 436. The van der Waals surface area contributed by atoms with Gasteiger partial charge in [0.05, 0.1) is 6.54 Å². The Labute approximate surface area is 113 Å². The lowest BCUT2D eigenvalue weighted by Gasteiger charge is -2.30. The second-order valence-corrected chi connectivity index (χ2v) is 5.35. The Balaban J connectivity index is 1.77. The number of hydrogen-bond donors (Lipinski definition) is 1. The van der Waals surface area contributed by atoms with Crippen LogP contribution in [0.25, 0.3) is 0 Å². The third-order valence-electron chi connectivity index (χ3n) is 3.54. The molecule has 1 aromatic rings. The lowest BCUT2D eigenvalue weighted by molar-refractivity contribution is -0.122. The first kappa shape index (κ1) is 14.0. The first-order valence-corrected chi connectivity index (χ1v) is 6.87. The molecule has 1 fully saturated rings. The van der Waals surface area contributed by atoms with Gasteiger partial charge in [-0.1, -0.05) is 25.1 Å². The summed E-state index contributed by atoms with van der Waals surface area (Å²) in [7, 11) is 0. The van der Waals surface area contributed by atoms with Crippen LogP contribution >= 0.6 is 0 Å². The minimum Gasteiger partial charge on any atom is -0.351 e. The van der Waals surface area contributed by atoms with Gasteiger partial charge < -0.3 is 5.32 Å². The van der Waals surface area contributed by atoms with Crippen molar-refractivity contribution in [1.82, 2.24) is 10.2 Å². The molecule has 104 valence electrons. The van der Waals surface area contributed by atoms with Crippen LogP contribution in [-0.2, 0) is 11.3 Å². The van der Waals surface area contributed by atoms with Gasteiger partial charge in [-0.15, -0.1) is 0 Å². The van der Waals surface area contributed by atoms with Crippen LogP contribution in [0.5, 0.6) is 0 Å². The number of halogens is 1. The van der Waals surface area contributed by atoms with Crippen LogP contribution in [0.15, 0.2) is 24.3 Å². The molecule has 3 nitrogen and oxygen atoms in total. The number of rotatable bonds is 4. The predicted octanol–water partition coefficient (Wildman–Crippen LogP) is 2.17. The quantitative estimate of drug-likeness (QED) is 0.904. The number of nitrogens with one attached hydrogen (secondary N) is 1. The van der Waals surface area contributed by atoms with Crippen LogP contribution in [0.3, 0.4) is 0 Å². The predicted molar refractivity (Wildman–Crippen MR) is 73.1 cm³/mol. The molecule has 1 atom stereocenters. The first-order chi connectivity index (χ1) is 9.15. The molecule has 1 aliphatic heterocycles. The van der Waals surface area contributed by atoms with E-state index in [0.29, 0.717) is 18.0 Å². The van der Waals surface area contributed by atoms with E-state index in [1.54, 1.807) is 18.2 Å². The molecule has 0 aromatic heterocycles. The molecule has 0 saturated carbocycles. The molecule has 0 bridgehead atoms. The molecule has 1 aliphatic rings. The molecule has 2 rings (SSSR count). The minimum atomic E-state index is -0.269. The van der Waals surface area contributed by atoms with Crippen molar-refractivity contribution in [2.75, 3.05) is 19.6 Å². The van der Waals surface area contributed by atoms with Crippen molar-refractivity contribution in [2.24, 2.45) is 5.92 Å². The molecule has 0 aliphatic carbocycles. The molecule has 0 radical (unpaired) electrons. The highest BCUT2D eigenvalue weighted by Crippen LogP contribution is 2.14. The lowest BCUT2D eigenvalue weighted by Crippen LogP contribution is -2.41. The van der Waals surface area contributed by atoms with Gasteiger partial charge >= 0.3 is 0 Å². The van der Waals surface area contributed by atoms with Gasteiger partial charge in [0.15, 0.2) is 0 Å². The Hall–Kier alpha value is -1.42. The van der Waals surface area contributed by atoms with E-state index < -0.39 is 0 Å². The zero-order valence-electron chi connectivity index (χ0n) is 11.4. The van der Waals surface area contributed by atoms with Crippen LogP contribution < -0.4 is 5.32 Å². The molecule has 1 heterocycles. The van der Waals surface area contributed by atoms with E-state index in [1.165, 1.54) is 12.5 Å². The maximum atomic E-state index is 13.4. The number of carbonyl (C=O) groups is 1. The smallest absolute Gasteiger partial charge is 0.234 e. The van der Waals surface area contributed by atoms with Gasteiger partial charge in [0.2, 0.25) is 5.91 Å². The summed E-state index contributed by atoms with van der Waals surface area (Å²) in [5, 5.41) is 2.78. The monoisotopic (exact) mass is 264 g/mol. The molecule has 0 spiro atoms. The van der Waals surface area contributed by atoms with Crippen molar-refractivity contribution in [2.45, 2.75) is 26.3 Å². The molecule has 1 aromatic carbocycles. The van der Waals surface area contributed by atoms with Crippen molar-refractivity contribution in [1.29, 1.82) is 0 Å². The number of benzene rings is 1. The normalized spacial score (nSPS) is 20.2. The summed E-state index contributed by atoms with van der Waals surface area (Å²) < 4.78 is 13.4. The second-order valence-electron chi connectivity index (χ2n) is 5.35. The topological polar surface area (TPSA) is 32.3 Å². The lowest BCUT2D eigenvalue weighted by atomic mass is 10.0. The third kappa shape index (κ3) is 4.31. The molecular formula is C15H21FN2O. The Morgan fingerprint density at radius 2 is 2.26 bits per heavy atom. The van der Waals surface area contributed by atoms with Crippen LogP contribution in [0, 0.1) is 11.7 Å². The van der Waals surface area contributed by atoms with Crippen LogP contribution in [0.1, 0.15) is 25.3 Å². The average Bonchev–Trinajstić information content (AvgIpc) is 2.38. The van der Waals surface area contributed by atoms with Gasteiger partial charge in [-0.05, 0) is 31.4 Å². The number of nitrogens with zero attached hydrogens (tertiary/aromatic N) is 1. The number of carbonyl (C=O) groups excluding carboxylic acids is 1. The van der Waals surface area contributed by atoms with Crippen molar-refractivity contribution < 1.29 is 9.18 Å². The zero-order valence-corrected chi connectivity index (χ0v) is 11.4. The molecule has 1 N–H and O–H groups in total. The van der Waals surface area contributed by atoms with Gasteiger partial charge in [0.1, 0.15) is 5.82 Å². The molecule has 19 heavy (non-hydrogen) atoms. The average molecular weight is 264 g/mol. The highest BCUT2D eigenvalue weighted by atomic mass is 19.1. The van der Waals surface area contributed by atoms with E-state index in [4.69, 9.17) is 0 Å². The highest BCUT2D eigenvalue weighted by molar-refractivity contribution is 5.78. The van der Waals surface area contributed by atoms with Crippen molar-refractivity contribution in [3.63, 3.8) is 0 Å². The molecule has 4 heteroatoms. The van der Waals surface area contributed by atoms with Gasteiger partial charge in [0.25, 0.3) is 0 Å². The Morgan fingerprint density at radius 3 is 3.00 bits per heavy atom. The summed E-state index contributed by atoms with van der Waals surface area (Å²) in [5.74, 6) is 0.361. The standard InChI is InChI=1S/C15H21FN2O/c1-12-5-4-8-18(10-12)11-15(19)17-9-13-6-2-3-7-14(13)16/h2-3,6-7,12H,4-5,8-11H2,1H3,(H,17,19). The third-order valence-corrected chi connectivity index (χ3v) is 3.54. The summed E-state index contributed by atoms with van der Waals surface area (Å²) in [6.07, 6.45) is 2.40. The van der Waals surface area contributed by atoms with Crippen molar-refractivity contribution in [3.8, 4) is 0 Å². The Kier molecular flexibility index (Phi) is 4.91. The van der Waals surface area contributed by atoms with E-state index in [1.807, 2.05) is 0 Å². The van der Waals surface area contributed by atoms with Crippen molar-refractivity contribution in [3.05, 3.63) is 35.6 Å². The molecule has 1 saturated heterocycles. The summed E-state index contributed by atoms with van der Waals surface area (Å²) in [6, 6.07) is 6.53. The summed E-state index contributed by atoms with van der Waals surface area (Å²) in [4.78, 5) is 14.0. The Morgan fingerprint density at radius 1 is 1.47 bits per heavy atom. The minimum absolute atomic E-state index is 0.0302. The van der Waals surface area contributed by atoms with Crippen LogP contribution in [-0.4, -0.2) is 30.4 Å². The SMILES string of the molecule is CC1CCCN(CC(=O)NCc2ccccc2F)C1. The maximum absolute atomic E-state index is 13.4. The number of likely N-dealkylation sites (tertiary alicyclic amines) is 1. The van der Waals surface area contributed by atoms with E-state index in [0.717, 1.165) is 19.5 Å². The van der Waals surface area contributed by atoms with Crippen LogP contribution in [0.2, 0.25) is 0 Å². The fourth-order valence-corrected chi connectivity index (χ4v) is 2.52. The first-order valence-electron chi connectivity index (χ1n) is 6.87. The van der Waals surface area contributed by atoms with Gasteiger partial charge in [-0.25, -0.2) is 4.39 Å². The zero-order chi connectivity index (χ0) is 13.7. The van der Waals surface area contributed by atoms with E-state index in [9.17, 15) is 9.18 Å². The van der Waals surface area contributed by atoms with Gasteiger partial charge in [0, 0.05) is 18.7 Å². The largest absolute Gasteiger partial charge is 0.351 e. The highest BCUT2D eigenvalue weighted by Gasteiger charge is 2.18. The summed E-state index contributed by atoms with van der Waals surface area (Å²) in [6.45, 7) is 4.85. The number of amides is 1. The number of piperidine rings is 1. The summed E-state index contributed by atoms with van der Waals surface area (Å²) in [5.41, 5.74) is 0.530. The van der Waals surface area contributed by atoms with Crippen molar-refractivity contribution >= 4 is 5.91 Å². The second kappa shape index (κ2) is 6.66. The van der Waals surface area contributed by atoms with E-state index >= 15 is 0 Å². The van der Waals surface area contributed by atoms with Gasteiger partial charge in [-0.3, -0.25) is 9.69 Å². The van der Waals surface area contributed by atoms with E-state index in [2.05, 4.69) is 17.1 Å². The maximum Gasteiger partial charge on any atom is 0.234 e. The molecule has 1 unspecified atom stereocenters. The molecule has 1 amide bonds. The summed E-state index contributed by atoms with van der Waals surface area (Å²) >= 11 is 0. The number of hydrogen-bond acceptors (Lipinski definition) is 2. The van der Waals surface area contributed by atoms with E-state index in [-0.39, 0.29) is 18.3 Å². The van der Waals surface area contributed by atoms with Gasteiger partial charge in [-0.2, -0.15) is 0 Å². The van der Waals surface area contributed by atoms with Crippen LogP contribution in [0.4, 0.5) is 4.39 Å². The molecular weight excluding hydrogens is 243 g/mol.